The van der Waals surface area contributed by atoms with E-state index in [0.717, 1.165) is 23.3 Å². The second-order valence-corrected chi connectivity index (χ2v) is 8.16. The molecular weight excluding hydrogens is 451 g/mol. The number of hydrogen-bond donors (Lipinski definition) is 2. The maximum Gasteiger partial charge on any atom is 0.417 e. The van der Waals surface area contributed by atoms with Crippen LogP contribution in [0.5, 0.6) is 0 Å². The Hall–Kier alpha value is -4.31. The molecule has 0 fully saturated rings. The van der Waals surface area contributed by atoms with Gasteiger partial charge in [0.05, 0.1) is 11.3 Å². The van der Waals surface area contributed by atoms with Crippen LogP contribution in [0.2, 0.25) is 0 Å². The van der Waals surface area contributed by atoms with Crippen molar-refractivity contribution < 1.29 is 18.0 Å². The first-order valence-corrected chi connectivity index (χ1v) is 10.9. The molecule has 0 bridgehead atoms. The topological polar surface area (TPSA) is 54.0 Å². The van der Waals surface area contributed by atoms with E-state index in [2.05, 4.69) is 27.1 Å². The fourth-order valence-electron chi connectivity index (χ4n) is 3.87. The Morgan fingerprint density at radius 2 is 1.69 bits per heavy atom. The molecule has 7 heteroatoms. The van der Waals surface area contributed by atoms with Crippen molar-refractivity contribution in [2.75, 3.05) is 5.32 Å². The average Bonchev–Trinajstić information content (AvgIpc) is 2.84. The number of hydrogen-bond acceptors (Lipinski definition) is 2. The maximum absolute atomic E-state index is 13.7. The second kappa shape index (κ2) is 9.90. The number of aromatic nitrogens is 1. The van der Waals surface area contributed by atoms with E-state index in [1.165, 1.54) is 0 Å². The van der Waals surface area contributed by atoms with Crippen LogP contribution in [0, 0.1) is 6.92 Å². The van der Waals surface area contributed by atoms with E-state index in [4.69, 9.17) is 0 Å². The van der Waals surface area contributed by atoms with Gasteiger partial charge in [0.1, 0.15) is 5.54 Å². The highest BCUT2D eigenvalue weighted by atomic mass is 19.4. The molecule has 1 unspecified atom stereocenters. The Balaban J connectivity index is 1.88. The molecule has 0 radical (unpaired) electrons. The smallest absolute Gasteiger partial charge is 0.322 e. The monoisotopic (exact) mass is 473 g/mol. The van der Waals surface area contributed by atoms with Gasteiger partial charge in [-0.15, -0.1) is 0 Å². The van der Waals surface area contributed by atoms with Crippen LogP contribution in [0.3, 0.4) is 0 Å². The lowest BCUT2D eigenvalue weighted by Crippen LogP contribution is -2.51. The summed E-state index contributed by atoms with van der Waals surface area (Å²) >= 11 is 0. The number of pyridine rings is 1. The van der Waals surface area contributed by atoms with Crippen LogP contribution in [0.1, 0.15) is 16.8 Å². The quantitative estimate of drug-likeness (QED) is 0.408. The molecule has 0 saturated heterocycles. The number of alkyl halides is 3. The summed E-state index contributed by atoms with van der Waals surface area (Å²) in [5.74, 6) is 0. The molecule has 0 spiro atoms. The van der Waals surface area contributed by atoms with E-state index in [1.807, 2.05) is 43.3 Å². The maximum atomic E-state index is 13.7. The minimum atomic E-state index is -4.59. The van der Waals surface area contributed by atoms with Crippen molar-refractivity contribution >= 4 is 11.7 Å². The molecule has 0 saturated carbocycles. The van der Waals surface area contributed by atoms with Crippen LogP contribution in [-0.4, -0.2) is 17.2 Å². The van der Waals surface area contributed by atoms with Crippen LogP contribution >= 0.6 is 0 Å². The molecule has 0 aliphatic heterocycles. The first kappa shape index (κ1) is 23.8. The van der Waals surface area contributed by atoms with Gasteiger partial charge in [0, 0.05) is 30.0 Å². The number of rotatable bonds is 6. The van der Waals surface area contributed by atoms with Crippen molar-refractivity contribution in [1.29, 1.82) is 0 Å². The van der Waals surface area contributed by atoms with Gasteiger partial charge < -0.3 is 10.6 Å². The number of nitrogens with one attached hydrogen (secondary N) is 2. The standard InChI is InChI=1S/C28H22F3N3O/c1-20-15-16-32-25(17-20)27(19-21-9-4-2-5-10-21,22-11-8-12-23(18-22)28(29,30)31)34-26(35)33-24-13-6-3-7-14-24/h2-7,9-10,12-18H,19H2,1H3,(H2,33,34,35). The zero-order chi connectivity index (χ0) is 24.9. The van der Waals surface area contributed by atoms with Gasteiger partial charge >= 0.3 is 12.2 Å². The third-order valence-electron chi connectivity index (χ3n) is 5.54. The van der Waals surface area contributed by atoms with Gasteiger partial charge in [0.2, 0.25) is 0 Å². The molecule has 1 aromatic heterocycles. The molecule has 1 aliphatic carbocycles. The van der Waals surface area contributed by atoms with Gasteiger partial charge in [-0.3, -0.25) is 4.98 Å². The minimum Gasteiger partial charge on any atom is -0.322 e. The normalized spacial score (nSPS) is 14.5. The number of halogens is 3. The summed E-state index contributed by atoms with van der Waals surface area (Å²) in [5.41, 5.74) is 5.61. The number of amides is 2. The molecule has 1 atom stereocenters. The zero-order valence-electron chi connectivity index (χ0n) is 18.9. The third kappa shape index (κ3) is 5.61. The van der Waals surface area contributed by atoms with Gasteiger partial charge in [-0.2, -0.15) is 13.2 Å². The molecular formula is C28H22F3N3O. The minimum absolute atomic E-state index is 0.0949. The summed E-state index contributed by atoms with van der Waals surface area (Å²) in [4.78, 5) is 17.7. The molecule has 35 heavy (non-hydrogen) atoms. The van der Waals surface area contributed by atoms with Gasteiger partial charge in [0.25, 0.3) is 0 Å². The largest absolute Gasteiger partial charge is 0.417 e. The summed E-state index contributed by atoms with van der Waals surface area (Å²) in [6.07, 6.45) is -1.06. The number of carbonyl (C=O) groups is 1. The lowest BCUT2D eigenvalue weighted by atomic mass is 9.78. The number of urea groups is 1. The van der Waals surface area contributed by atoms with Crippen molar-refractivity contribution in [3.8, 4) is 0 Å². The fourth-order valence-corrected chi connectivity index (χ4v) is 3.87. The van der Waals surface area contributed by atoms with E-state index in [-0.39, 0.29) is 12.0 Å². The van der Waals surface area contributed by atoms with Crippen molar-refractivity contribution in [2.24, 2.45) is 0 Å². The molecule has 2 N–H and O–H groups in total. The predicted octanol–water partition coefficient (Wildman–Crippen LogP) is 6.39. The molecule has 1 aliphatic rings. The van der Waals surface area contributed by atoms with Gasteiger partial charge in [-0.05, 0) is 48.4 Å². The molecule has 4 nitrogen and oxygen atoms in total. The van der Waals surface area contributed by atoms with Crippen LogP contribution in [0.25, 0.3) is 0 Å². The average molecular weight is 473 g/mol. The SMILES string of the molecule is Cc1ccnc(C(Cc2ccccc2)(NC(=O)Nc2ccccc2)C2=C=C=CC(C(F)(F)F)=C2)c1. The van der Waals surface area contributed by atoms with Crippen LogP contribution in [0.15, 0.2) is 114 Å². The highest BCUT2D eigenvalue weighted by Gasteiger charge is 2.42. The second-order valence-electron chi connectivity index (χ2n) is 8.16. The highest BCUT2D eigenvalue weighted by Crippen LogP contribution is 2.37. The number of benzene rings is 2. The van der Waals surface area contributed by atoms with E-state index < -0.39 is 23.3 Å². The molecule has 4 rings (SSSR count). The molecule has 2 aromatic carbocycles. The van der Waals surface area contributed by atoms with Gasteiger partial charge in [-0.25, -0.2) is 4.79 Å². The Morgan fingerprint density at radius 3 is 2.34 bits per heavy atom. The number of anilines is 1. The molecule has 2 amide bonds. The van der Waals surface area contributed by atoms with Crippen LogP contribution < -0.4 is 10.6 Å². The van der Waals surface area contributed by atoms with E-state index in [9.17, 15) is 18.0 Å². The summed E-state index contributed by atoms with van der Waals surface area (Å²) in [7, 11) is 0. The first-order valence-electron chi connectivity index (χ1n) is 10.9. The van der Waals surface area contributed by atoms with Crippen molar-refractivity contribution in [1.82, 2.24) is 10.3 Å². The van der Waals surface area contributed by atoms with Crippen molar-refractivity contribution in [2.45, 2.75) is 25.1 Å². The molecule has 1 heterocycles. The summed E-state index contributed by atoms with van der Waals surface area (Å²) in [6, 6.07) is 20.9. The Morgan fingerprint density at radius 1 is 1.00 bits per heavy atom. The fraction of sp³-hybridized carbons (Fsp3) is 0.143. The predicted molar refractivity (Wildman–Crippen MR) is 129 cm³/mol. The Bertz CT molecular complexity index is 1350. The Kier molecular flexibility index (Phi) is 6.74. The van der Waals surface area contributed by atoms with Crippen LogP contribution in [0.4, 0.5) is 23.7 Å². The third-order valence-corrected chi connectivity index (χ3v) is 5.54. The van der Waals surface area contributed by atoms with Crippen molar-refractivity contribution in [3.05, 3.63) is 131 Å². The number of carbonyl (C=O) groups excluding carboxylic acids is 1. The number of allylic oxidation sites excluding steroid dienone is 2. The molecule has 176 valence electrons. The van der Waals surface area contributed by atoms with E-state index >= 15 is 0 Å². The summed E-state index contributed by atoms with van der Waals surface area (Å²) in [6.45, 7) is 1.85. The van der Waals surface area contributed by atoms with Crippen LogP contribution in [-0.2, 0) is 12.0 Å². The summed E-state index contributed by atoms with van der Waals surface area (Å²) in [5, 5.41) is 5.69. The van der Waals surface area contributed by atoms with Gasteiger partial charge in [0.15, 0.2) is 0 Å². The number of para-hydroxylation sites is 1. The van der Waals surface area contributed by atoms with E-state index in [1.54, 1.807) is 42.6 Å². The van der Waals surface area contributed by atoms with E-state index in [0.29, 0.717) is 11.4 Å². The lowest BCUT2D eigenvalue weighted by Gasteiger charge is -2.35. The zero-order valence-corrected chi connectivity index (χ0v) is 18.9. The number of aryl methyl sites for hydroxylation is 1. The van der Waals surface area contributed by atoms with Crippen molar-refractivity contribution in [3.63, 3.8) is 0 Å². The van der Waals surface area contributed by atoms with Gasteiger partial charge in [-0.1, -0.05) is 60.0 Å². The highest BCUT2D eigenvalue weighted by molar-refractivity contribution is 5.90. The Labute approximate surface area is 201 Å². The molecule has 3 aromatic rings. The number of nitrogens with zero attached hydrogens (tertiary/aromatic N) is 1. The lowest BCUT2D eigenvalue weighted by molar-refractivity contribution is -0.0883. The first-order chi connectivity index (χ1) is 16.8. The summed E-state index contributed by atoms with van der Waals surface area (Å²) < 4.78 is 41.0.